The summed E-state index contributed by atoms with van der Waals surface area (Å²) < 4.78 is 13.7. The van der Waals surface area contributed by atoms with Crippen LogP contribution in [0.25, 0.3) is 0 Å². The van der Waals surface area contributed by atoms with Crippen LogP contribution >= 0.6 is 0 Å². The van der Waals surface area contributed by atoms with Crippen LogP contribution in [0.2, 0.25) is 0 Å². The third-order valence-electron chi connectivity index (χ3n) is 2.71. The summed E-state index contributed by atoms with van der Waals surface area (Å²) in [6.07, 6.45) is 2.04. The van der Waals surface area contributed by atoms with Gasteiger partial charge in [0.2, 0.25) is 5.91 Å². The number of nitrogens with zero attached hydrogens (tertiary/aromatic N) is 1. The average Bonchev–Trinajstić information content (AvgIpc) is 2.27. The number of halogens is 1. The van der Waals surface area contributed by atoms with Crippen LogP contribution in [0, 0.1) is 5.82 Å². The van der Waals surface area contributed by atoms with Crippen LogP contribution in [0.15, 0.2) is 24.8 Å². The molecule has 0 bridgehead atoms. The van der Waals surface area contributed by atoms with E-state index in [1.165, 1.54) is 11.0 Å². The van der Waals surface area contributed by atoms with E-state index in [1.807, 2.05) is 0 Å². The Bertz CT molecular complexity index is 457. The number of fused-ring (bicyclic) bond motifs is 1. The van der Waals surface area contributed by atoms with Gasteiger partial charge in [0.15, 0.2) is 0 Å². The van der Waals surface area contributed by atoms with Crippen molar-refractivity contribution in [3.05, 3.63) is 36.2 Å². The first-order valence-corrected chi connectivity index (χ1v) is 5.08. The molecule has 2 rings (SSSR count). The van der Waals surface area contributed by atoms with E-state index in [0.717, 1.165) is 5.69 Å². The smallest absolute Gasteiger partial charge is 0.246 e. The molecule has 1 N–H and O–H groups in total. The van der Waals surface area contributed by atoms with Crippen LogP contribution in [0.3, 0.4) is 0 Å². The monoisotopic (exact) mass is 220 g/mol. The van der Waals surface area contributed by atoms with Crippen molar-refractivity contribution in [3.63, 3.8) is 0 Å². The summed E-state index contributed by atoms with van der Waals surface area (Å²) in [6, 6.07) is 3.06. The average molecular weight is 220 g/mol. The van der Waals surface area contributed by atoms with Gasteiger partial charge in [0.05, 0.1) is 17.9 Å². The molecule has 0 unspecified atom stereocenters. The zero-order valence-corrected chi connectivity index (χ0v) is 9.09. The number of carbonyl (C=O) groups excluding carboxylic acids is 1. The van der Waals surface area contributed by atoms with E-state index < -0.39 is 0 Å². The summed E-state index contributed by atoms with van der Waals surface area (Å²) in [6.45, 7) is 3.85. The van der Waals surface area contributed by atoms with E-state index in [2.05, 4.69) is 11.9 Å². The van der Waals surface area contributed by atoms with Crippen LogP contribution in [-0.2, 0) is 11.2 Å². The summed E-state index contributed by atoms with van der Waals surface area (Å²) in [5.41, 5.74) is 1.92. The minimum Gasteiger partial charge on any atom is -0.374 e. The van der Waals surface area contributed by atoms with Crippen molar-refractivity contribution in [3.8, 4) is 0 Å². The number of allylic oxidation sites excluding steroid dienone is 1. The number of nitrogens with one attached hydrogen (secondary N) is 1. The number of hydrogen-bond donors (Lipinski definition) is 1. The molecule has 0 atom stereocenters. The quantitative estimate of drug-likeness (QED) is 0.772. The zero-order chi connectivity index (χ0) is 11.7. The molecule has 1 heterocycles. The van der Waals surface area contributed by atoms with Crippen molar-refractivity contribution in [2.75, 3.05) is 23.8 Å². The number of likely N-dealkylation sites (N-methyl/N-ethyl adjacent to an activating group) is 1. The standard InChI is InChI=1S/C12H13FN2O/c1-3-4-8-9(13)5-6-10-12(8)15(2)11(16)7-14-10/h3,5-6,14H,1,4,7H2,2H3. The largest absolute Gasteiger partial charge is 0.374 e. The molecule has 1 aromatic rings. The van der Waals surface area contributed by atoms with Gasteiger partial charge in [-0.15, -0.1) is 6.58 Å². The fraction of sp³-hybridized carbons (Fsp3) is 0.250. The molecule has 16 heavy (non-hydrogen) atoms. The van der Waals surface area contributed by atoms with Gasteiger partial charge in [-0.05, 0) is 18.6 Å². The highest BCUT2D eigenvalue weighted by molar-refractivity contribution is 6.03. The van der Waals surface area contributed by atoms with Gasteiger partial charge >= 0.3 is 0 Å². The summed E-state index contributed by atoms with van der Waals surface area (Å²) in [5.74, 6) is -0.370. The first-order valence-electron chi connectivity index (χ1n) is 5.08. The first-order chi connectivity index (χ1) is 7.65. The Labute approximate surface area is 93.6 Å². The molecule has 0 aromatic heterocycles. The lowest BCUT2D eigenvalue weighted by atomic mass is 10.0. The van der Waals surface area contributed by atoms with Gasteiger partial charge in [0.1, 0.15) is 5.82 Å². The van der Waals surface area contributed by atoms with Crippen molar-refractivity contribution < 1.29 is 9.18 Å². The molecule has 0 radical (unpaired) electrons. The molecule has 1 amide bonds. The molecular formula is C12H13FN2O. The predicted octanol–water partition coefficient (Wildman–Crippen LogP) is 1.94. The maximum absolute atomic E-state index is 13.7. The van der Waals surface area contributed by atoms with Crippen molar-refractivity contribution in [1.29, 1.82) is 0 Å². The molecule has 0 fully saturated rings. The molecule has 84 valence electrons. The van der Waals surface area contributed by atoms with Gasteiger partial charge in [0.25, 0.3) is 0 Å². The van der Waals surface area contributed by atoms with Crippen molar-refractivity contribution in [1.82, 2.24) is 0 Å². The maximum atomic E-state index is 13.7. The summed E-state index contributed by atoms with van der Waals surface area (Å²) in [4.78, 5) is 13.0. The SMILES string of the molecule is C=CCc1c(F)ccc2c1N(C)C(=O)CN2. The van der Waals surface area contributed by atoms with E-state index in [-0.39, 0.29) is 18.3 Å². The van der Waals surface area contributed by atoms with Crippen LogP contribution in [0.4, 0.5) is 15.8 Å². The fourth-order valence-corrected chi connectivity index (χ4v) is 1.89. The second kappa shape index (κ2) is 3.96. The van der Waals surface area contributed by atoms with E-state index >= 15 is 0 Å². The van der Waals surface area contributed by atoms with Gasteiger partial charge in [-0.1, -0.05) is 6.08 Å². The van der Waals surface area contributed by atoms with Crippen molar-refractivity contribution in [2.24, 2.45) is 0 Å². The number of benzene rings is 1. The molecule has 0 spiro atoms. The van der Waals surface area contributed by atoms with Crippen LogP contribution in [0.5, 0.6) is 0 Å². The molecule has 0 saturated heterocycles. The summed E-state index contributed by atoms with van der Waals surface area (Å²) in [7, 11) is 1.66. The topological polar surface area (TPSA) is 32.3 Å². The number of carbonyl (C=O) groups is 1. The molecule has 1 aliphatic heterocycles. The number of hydrogen-bond acceptors (Lipinski definition) is 2. The molecule has 0 aliphatic carbocycles. The van der Waals surface area contributed by atoms with E-state index in [1.54, 1.807) is 19.2 Å². The molecule has 1 aromatic carbocycles. The fourth-order valence-electron chi connectivity index (χ4n) is 1.89. The summed E-state index contributed by atoms with van der Waals surface area (Å²) in [5, 5.41) is 2.98. The Hall–Kier alpha value is -1.84. The number of rotatable bonds is 2. The minimum absolute atomic E-state index is 0.0663. The van der Waals surface area contributed by atoms with E-state index in [4.69, 9.17) is 0 Å². The summed E-state index contributed by atoms with van der Waals surface area (Å²) >= 11 is 0. The Morgan fingerprint density at radius 2 is 2.38 bits per heavy atom. The lowest BCUT2D eigenvalue weighted by Crippen LogP contribution is -2.37. The van der Waals surface area contributed by atoms with Crippen molar-refractivity contribution >= 4 is 17.3 Å². The van der Waals surface area contributed by atoms with Crippen LogP contribution in [-0.4, -0.2) is 19.5 Å². The van der Waals surface area contributed by atoms with Crippen molar-refractivity contribution in [2.45, 2.75) is 6.42 Å². The van der Waals surface area contributed by atoms with Gasteiger partial charge < -0.3 is 10.2 Å². The number of amides is 1. The lowest BCUT2D eigenvalue weighted by Gasteiger charge is -2.29. The second-order valence-electron chi connectivity index (χ2n) is 3.72. The van der Waals surface area contributed by atoms with Gasteiger partial charge in [-0.25, -0.2) is 4.39 Å². The van der Waals surface area contributed by atoms with Gasteiger partial charge in [0, 0.05) is 12.6 Å². The van der Waals surface area contributed by atoms with Gasteiger partial charge in [-0.2, -0.15) is 0 Å². The molecule has 4 heteroatoms. The highest BCUT2D eigenvalue weighted by Crippen LogP contribution is 2.34. The first kappa shape index (κ1) is 10.7. The number of anilines is 2. The normalized spacial score (nSPS) is 14.4. The molecule has 1 aliphatic rings. The predicted molar refractivity (Wildman–Crippen MR) is 62.2 cm³/mol. The third kappa shape index (κ3) is 1.56. The van der Waals surface area contributed by atoms with Crippen LogP contribution in [0.1, 0.15) is 5.56 Å². The molecular weight excluding hydrogens is 207 g/mol. The van der Waals surface area contributed by atoms with E-state index in [0.29, 0.717) is 17.7 Å². The highest BCUT2D eigenvalue weighted by Gasteiger charge is 2.24. The Morgan fingerprint density at radius 1 is 1.62 bits per heavy atom. The highest BCUT2D eigenvalue weighted by atomic mass is 19.1. The Balaban J connectivity index is 2.60. The third-order valence-corrected chi connectivity index (χ3v) is 2.71. The maximum Gasteiger partial charge on any atom is 0.246 e. The lowest BCUT2D eigenvalue weighted by molar-refractivity contribution is -0.116. The Morgan fingerprint density at radius 3 is 3.06 bits per heavy atom. The minimum atomic E-state index is -0.304. The van der Waals surface area contributed by atoms with Crippen LogP contribution < -0.4 is 10.2 Å². The zero-order valence-electron chi connectivity index (χ0n) is 9.09. The van der Waals surface area contributed by atoms with Gasteiger partial charge in [-0.3, -0.25) is 4.79 Å². The second-order valence-corrected chi connectivity index (χ2v) is 3.72. The Kier molecular flexibility index (Phi) is 2.64. The molecule has 3 nitrogen and oxygen atoms in total. The van der Waals surface area contributed by atoms with E-state index in [9.17, 15) is 9.18 Å². The molecule has 0 saturated carbocycles.